The van der Waals surface area contributed by atoms with Crippen molar-refractivity contribution in [2.24, 2.45) is 11.8 Å². The van der Waals surface area contributed by atoms with Crippen LogP contribution in [0.2, 0.25) is 10.0 Å². The van der Waals surface area contributed by atoms with Crippen LogP contribution in [0.4, 0.5) is 10.1 Å². The lowest BCUT2D eigenvalue weighted by Crippen LogP contribution is -2.37. The molecule has 0 aliphatic carbocycles. The number of rotatable bonds is 6. The highest BCUT2D eigenvalue weighted by Crippen LogP contribution is 2.40. The van der Waals surface area contributed by atoms with E-state index in [9.17, 15) is 14.0 Å². The Morgan fingerprint density at radius 1 is 1.09 bits per heavy atom. The Labute approximate surface area is 201 Å². The molecule has 1 N–H and O–H groups in total. The molecule has 0 saturated carbocycles. The van der Waals surface area contributed by atoms with E-state index >= 15 is 0 Å². The molecule has 2 aromatic carbocycles. The van der Waals surface area contributed by atoms with Crippen molar-refractivity contribution in [2.45, 2.75) is 0 Å². The zero-order valence-corrected chi connectivity index (χ0v) is 19.6. The zero-order valence-electron chi connectivity index (χ0n) is 18.1. The molecular formula is C24H24Cl2FN3O3. The van der Waals surface area contributed by atoms with E-state index in [1.54, 1.807) is 17.0 Å². The predicted octanol–water partition coefficient (Wildman–Crippen LogP) is 4.32. The van der Waals surface area contributed by atoms with Gasteiger partial charge >= 0.3 is 0 Å². The summed E-state index contributed by atoms with van der Waals surface area (Å²) in [4.78, 5) is 28.3. The highest BCUT2D eigenvalue weighted by atomic mass is 35.5. The highest BCUT2D eigenvalue weighted by Gasteiger charge is 2.42. The summed E-state index contributed by atoms with van der Waals surface area (Å²) >= 11 is 12.7. The molecule has 2 atom stereocenters. The Balaban J connectivity index is 1.45. The van der Waals surface area contributed by atoms with Crippen LogP contribution in [0.3, 0.4) is 0 Å². The summed E-state index contributed by atoms with van der Waals surface area (Å²) in [6, 6.07) is 7.37. The van der Waals surface area contributed by atoms with Gasteiger partial charge in [0.2, 0.25) is 11.8 Å². The number of carbonyl (C=O) groups is 2. The third-order valence-corrected chi connectivity index (χ3v) is 6.91. The summed E-state index contributed by atoms with van der Waals surface area (Å²) in [5.41, 5.74) is 1.53. The van der Waals surface area contributed by atoms with E-state index in [1.165, 1.54) is 31.4 Å². The van der Waals surface area contributed by atoms with Gasteiger partial charge in [-0.05, 0) is 30.3 Å². The van der Waals surface area contributed by atoms with Crippen molar-refractivity contribution in [1.29, 1.82) is 0 Å². The van der Waals surface area contributed by atoms with Gasteiger partial charge in [-0.3, -0.25) is 9.59 Å². The maximum Gasteiger partial charge on any atom is 0.245 e. The molecular weight excluding hydrogens is 468 g/mol. The molecule has 0 spiro atoms. The molecule has 9 heteroatoms. The quantitative estimate of drug-likeness (QED) is 0.611. The van der Waals surface area contributed by atoms with Crippen molar-refractivity contribution < 1.29 is 18.7 Å². The minimum Gasteiger partial charge on any atom is -0.495 e. The number of carbonyl (C=O) groups excluding carboxylic acids is 2. The molecule has 0 radical (unpaired) electrons. The molecule has 2 amide bonds. The van der Waals surface area contributed by atoms with Crippen LogP contribution in [0.15, 0.2) is 43.0 Å². The van der Waals surface area contributed by atoms with E-state index in [1.807, 2.05) is 4.90 Å². The van der Waals surface area contributed by atoms with Crippen LogP contribution in [0.25, 0.3) is 11.1 Å². The number of fused-ring (bicyclic) bond motifs is 1. The summed E-state index contributed by atoms with van der Waals surface area (Å²) in [6.07, 6.45) is 1.33. The van der Waals surface area contributed by atoms with Crippen molar-refractivity contribution >= 4 is 40.7 Å². The third-order valence-electron chi connectivity index (χ3n) is 6.26. The van der Waals surface area contributed by atoms with Gasteiger partial charge in [0, 0.05) is 60.2 Å². The van der Waals surface area contributed by atoms with Gasteiger partial charge in [-0.1, -0.05) is 29.8 Å². The number of benzene rings is 2. The van der Waals surface area contributed by atoms with Crippen molar-refractivity contribution in [3.63, 3.8) is 0 Å². The number of nitrogens with zero attached hydrogens (tertiary/aromatic N) is 2. The number of amides is 2. The maximum absolute atomic E-state index is 13.8. The molecule has 2 saturated heterocycles. The second-order valence-electron chi connectivity index (χ2n) is 8.28. The Morgan fingerprint density at radius 2 is 1.73 bits per heavy atom. The van der Waals surface area contributed by atoms with Gasteiger partial charge in [0.15, 0.2) is 0 Å². The lowest BCUT2D eigenvalue weighted by Gasteiger charge is -2.22. The highest BCUT2D eigenvalue weighted by molar-refractivity contribution is 6.36. The molecule has 0 aromatic heterocycles. The number of likely N-dealkylation sites (tertiary alicyclic amines) is 2. The van der Waals surface area contributed by atoms with Crippen LogP contribution in [0, 0.1) is 17.7 Å². The van der Waals surface area contributed by atoms with Gasteiger partial charge in [0.05, 0.1) is 24.4 Å². The molecule has 0 bridgehead atoms. The molecule has 174 valence electrons. The lowest BCUT2D eigenvalue weighted by molar-refractivity contribution is -0.128. The fourth-order valence-electron chi connectivity index (χ4n) is 4.56. The smallest absolute Gasteiger partial charge is 0.245 e. The van der Waals surface area contributed by atoms with Crippen molar-refractivity contribution in [3.05, 3.63) is 58.8 Å². The van der Waals surface area contributed by atoms with Gasteiger partial charge in [-0.2, -0.15) is 0 Å². The number of hydrogen-bond donors (Lipinski definition) is 1. The minimum atomic E-state index is -0.432. The van der Waals surface area contributed by atoms with E-state index < -0.39 is 5.82 Å². The Morgan fingerprint density at radius 3 is 2.36 bits per heavy atom. The molecule has 2 fully saturated rings. The summed E-state index contributed by atoms with van der Waals surface area (Å²) < 4.78 is 19.2. The Kier molecular flexibility index (Phi) is 6.81. The largest absolute Gasteiger partial charge is 0.495 e. The van der Waals surface area contributed by atoms with Gasteiger partial charge in [0.25, 0.3) is 0 Å². The fraction of sp³-hybridized carbons (Fsp3) is 0.333. The first-order valence-corrected chi connectivity index (χ1v) is 11.3. The van der Waals surface area contributed by atoms with Gasteiger partial charge in [-0.15, -0.1) is 0 Å². The van der Waals surface area contributed by atoms with Gasteiger partial charge < -0.3 is 19.9 Å². The summed E-state index contributed by atoms with van der Waals surface area (Å²) in [5.74, 6) is 0.482. The van der Waals surface area contributed by atoms with E-state index in [0.29, 0.717) is 58.8 Å². The second-order valence-corrected chi connectivity index (χ2v) is 9.09. The standard InChI is InChI=1S/C24H24Cl2FN3O3/c1-3-23(31)29-10-14-12-30(13-15(14)11-29)24(32)9-28-21-7-18(20(26)8-22(21)33-2)17-6-16(27)4-5-19(17)25/h3-8,14-15,28H,1,9-13H2,2H3. The molecule has 2 aromatic rings. The number of ether oxygens (including phenoxy) is 1. The van der Waals surface area contributed by atoms with Crippen LogP contribution in [-0.4, -0.2) is 61.4 Å². The topological polar surface area (TPSA) is 61.9 Å². The lowest BCUT2D eigenvalue weighted by atomic mass is 10.0. The first-order chi connectivity index (χ1) is 15.8. The molecule has 2 heterocycles. The average Bonchev–Trinajstić information content (AvgIpc) is 3.38. The molecule has 2 aliphatic rings. The third kappa shape index (κ3) is 4.80. The average molecular weight is 492 g/mol. The molecule has 6 nitrogen and oxygen atoms in total. The number of halogens is 3. The first-order valence-electron chi connectivity index (χ1n) is 10.6. The second kappa shape index (κ2) is 9.61. The predicted molar refractivity (Wildman–Crippen MR) is 127 cm³/mol. The number of methoxy groups -OCH3 is 1. The summed E-state index contributed by atoms with van der Waals surface area (Å²) in [6.45, 7) is 6.13. The van der Waals surface area contributed by atoms with E-state index in [2.05, 4.69) is 11.9 Å². The van der Waals surface area contributed by atoms with Gasteiger partial charge in [-0.25, -0.2) is 4.39 Å². The van der Waals surface area contributed by atoms with E-state index in [4.69, 9.17) is 27.9 Å². The van der Waals surface area contributed by atoms with Crippen molar-refractivity contribution in [2.75, 3.05) is 45.2 Å². The van der Waals surface area contributed by atoms with Gasteiger partial charge in [0.1, 0.15) is 11.6 Å². The molecule has 4 rings (SSSR count). The summed E-state index contributed by atoms with van der Waals surface area (Å²) in [7, 11) is 1.51. The molecule has 2 aliphatic heterocycles. The van der Waals surface area contributed by atoms with Crippen LogP contribution >= 0.6 is 23.2 Å². The fourth-order valence-corrected chi connectivity index (χ4v) is 5.04. The Hall–Kier alpha value is -2.77. The van der Waals surface area contributed by atoms with E-state index in [0.717, 1.165) is 0 Å². The number of hydrogen-bond acceptors (Lipinski definition) is 4. The zero-order chi connectivity index (χ0) is 23.7. The maximum atomic E-state index is 13.8. The first kappa shape index (κ1) is 23.4. The van der Waals surface area contributed by atoms with Crippen LogP contribution < -0.4 is 10.1 Å². The SMILES string of the molecule is C=CC(=O)N1CC2CN(C(=O)CNc3cc(-c4cc(F)ccc4Cl)c(Cl)cc3OC)CC2C1. The molecule has 33 heavy (non-hydrogen) atoms. The normalized spacial score (nSPS) is 19.4. The number of anilines is 1. The van der Waals surface area contributed by atoms with E-state index in [-0.39, 0.29) is 30.2 Å². The Bertz CT molecular complexity index is 1100. The minimum absolute atomic E-state index is 0.0478. The molecule has 2 unspecified atom stereocenters. The van der Waals surface area contributed by atoms with Crippen LogP contribution in [0.1, 0.15) is 0 Å². The van der Waals surface area contributed by atoms with Crippen molar-refractivity contribution in [3.8, 4) is 16.9 Å². The number of nitrogens with one attached hydrogen (secondary N) is 1. The van der Waals surface area contributed by atoms with Crippen molar-refractivity contribution in [1.82, 2.24) is 9.80 Å². The monoisotopic (exact) mass is 491 g/mol. The summed E-state index contributed by atoms with van der Waals surface area (Å²) in [5, 5.41) is 3.83. The van der Waals surface area contributed by atoms with Crippen LogP contribution in [0.5, 0.6) is 5.75 Å². The van der Waals surface area contributed by atoms with Crippen LogP contribution in [-0.2, 0) is 9.59 Å².